The summed E-state index contributed by atoms with van der Waals surface area (Å²) >= 11 is 13.3. The van der Waals surface area contributed by atoms with E-state index in [1.165, 1.54) is 97.9 Å². The van der Waals surface area contributed by atoms with Crippen molar-refractivity contribution < 1.29 is 67.0 Å². The van der Waals surface area contributed by atoms with E-state index in [2.05, 4.69) is 16.0 Å². The monoisotopic (exact) mass is 1470 g/mol. The molecular weight excluding hydrogens is 1350 g/mol. The zero-order chi connectivity index (χ0) is 75.4. The number of nitrogens with one attached hydrogen (secondary N) is 3. The standard InChI is InChI=1S/C74H120Cl2N12O14/c1-16-45(4)62-70(98)87(49-30-31-49)41-61(91)82(10)54-27-23-20-24-34-86(69(54)97)57(36-46-25-21-19-22-26-46)68(96)81(9)40-59(89)77-53(33-29-47-28-32-51(75)52(76)35-47)66(94)88-39-50(102-15)37-55(88)65(93)79-74(43-73(5,6)44-74)72(100)85(13)63(48(17-2)18-3)71(99)84(12)56(67(95)80(7)8)38-60(90)83(11)58(42-101-14)64(92)78-62/h20,23,45-58,62-63H,16-19,21-22,24-44H2,1-15H3,(H,77,89)(H,78,92)(H,79,93)/b23-20-/t45-,47?,50+,51?,52?,53-,54-,55-,56-,57-,58-,62-,63-/m0/s1. The molecule has 2 bridgehead atoms. The molecule has 6 fully saturated rings. The Balaban J connectivity index is 1.33. The highest BCUT2D eigenvalue weighted by Gasteiger charge is 2.59. The maximum atomic E-state index is 15.7. The molecule has 7 aliphatic rings. The summed E-state index contributed by atoms with van der Waals surface area (Å²) in [6.07, 6.45) is 13.0. The van der Waals surface area contributed by atoms with Gasteiger partial charge in [-0.25, -0.2) is 0 Å². The van der Waals surface area contributed by atoms with Gasteiger partial charge in [0.05, 0.1) is 31.1 Å². The SMILES string of the molecule is CCC(CC)[C@H]1C(=O)N(C)[C@H](C(=O)N(C)C)CC(=O)N(C)[C@@H](COC)C(=O)N[C@@H]([C@@H](C)CC)C(=O)N(C2CC2)CC(=O)N(C)[C@H]2C/C=C\CCN(C2=O)[C@@H](CC2CCCCC2)C(=O)N(C)CC(=O)N[C@@H](CCC2CCC(Cl)C(Cl)C2)C(=O)N2C[C@H](OC)C[C@H]2C(=O)NC2(CC(C)(C)C2)C(=O)N1C. The molecule has 3 N–H and O–H groups in total. The number of alkyl halides is 2. The fourth-order valence-corrected chi connectivity index (χ4v) is 17.3. The van der Waals surface area contributed by atoms with Crippen molar-refractivity contribution in [3.05, 3.63) is 12.2 Å². The van der Waals surface area contributed by atoms with Gasteiger partial charge in [-0.2, -0.15) is 0 Å². The molecule has 3 unspecified atom stereocenters. The van der Waals surface area contributed by atoms with Crippen LogP contribution in [0.3, 0.4) is 0 Å². The van der Waals surface area contributed by atoms with Crippen molar-refractivity contribution in [3.8, 4) is 0 Å². The molecule has 3 heterocycles. The Labute approximate surface area is 615 Å². The predicted molar refractivity (Wildman–Crippen MR) is 387 cm³/mol. The van der Waals surface area contributed by atoms with Crippen LogP contribution in [-0.4, -0.2) is 288 Å². The van der Waals surface area contributed by atoms with Gasteiger partial charge in [0.1, 0.15) is 60.4 Å². The summed E-state index contributed by atoms with van der Waals surface area (Å²) in [4.78, 5) is 194. The molecule has 28 heteroatoms. The first-order valence-electron chi connectivity index (χ1n) is 37.5. The van der Waals surface area contributed by atoms with Gasteiger partial charge in [-0.05, 0) is 106 Å². The van der Waals surface area contributed by atoms with Crippen molar-refractivity contribution in [1.29, 1.82) is 0 Å². The molecule has 13 atom stereocenters. The number of amides is 12. The van der Waals surface area contributed by atoms with E-state index >= 15 is 33.6 Å². The van der Waals surface area contributed by atoms with Crippen molar-refractivity contribution in [3.63, 3.8) is 0 Å². The van der Waals surface area contributed by atoms with Gasteiger partial charge in [-0.1, -0.05) is 105 Å². The number of rotatable bonds is 15. The van der Waals surface area contributed by atoms with Crippen LogP contribution in [0.4, 0.5) is 0 Å². The van der Waals surface area contributed by atoms with Crippen LogP contribution in [0.25, 0.3) is 0 Å². The van der Waals surface area contributed by atoms with Gasteiger partial charge in [0.2, 0.25) is 70.9 Å². The number of halogens is 2. The first kappa shape index (κ1) is 83.2. The molecule has 12 amide bonds. The lowest BCUT2D eigenvalue weighted by molar-refractivity contribution is -0.161. The third kappa shape index (κ3) is 20.1. The number of carbonyl (C=O) groups excluding carboxylic acids is 12. The van der Waals surface area contributed by atoms with E-state index in [1.807, 2.05) is 46.8 Å². The summed E-state index contributed by atoms with van der Waals surface area (Å²) in [5.74, 6) is -8.26. The third-order valence-electron chi connectivity index (χ3n) is 23.2. The summed E-state index contributed by atoms with van der Waals surface area (Å²) < 4.78 is 11.4. The van der Waals surface area contributed by atoms with Gasteiger partial charge in [0, 0.05) is 94.5 Å². The smallest absolute Gasteiger partial charge is 0.248 e. The Kier molecular flexibility index (Phi) is 29.9. The fourth-order valence-electron chi connectivity index (χ4n) is 16.7. The van der Waals surface area contributed by atoms with E-state index in [1.54, 1.807) is 11.8 Å². The lowest BCUT2D eigenvalue weighted by Crippen LogP contribution is -2.71. The number of methoxy groups -OCH3 is 2. The molecule has 3 aliphatic heterocycles. The third-order valence-corrected chi connectivity index (χ3v) is 24.4. The Bertz CT molecular complexity index is 3030. The molecule has 102 heavy (non-hydrogen) atoms. The summed E-state index contributed by atoms with van der Waals surface area (Å²) in [5.41, 5.74) is -2.08. The maximum Gasteiger partial charge on any atom is 0.248 e. The van der Waals surface area contributed by atoms with Crippen LogP contribution in [0.2, 0.25) is 0 Å². The Morgan fingerprint density at radius 3 is 1.91 bits per heavy atom. The van der Waals surface area contributed by atoms with E-state index < -0.39 is 168 Å². The van der Waals surface area contributed by atoms with Gasteiger partial charge in [0.15, 0.2) is 0 Å². The van der Waals surface area contributed by atoms with E-state index in [-0.39, 0.29) is 80.4 Å². The molecule has 0 aromatic rings. The van der Waals surface area contributed by atoms with Crippen LogP contribution in [0, 0.1) is 29.1 Å². The lowest BCUT2D eigenvalue weighted by atomic mass is 9.58. The Hall–Kier alpha value is -6.12. The van der Waals surface area contributed by atoms with Crippen LogP contribution >= 0.6 is 23.2 Å². The Morgan fingerprint density at radius 2 is 1.32 bits per heavy atom. The molecular formula is C74H120Cl2N12O14. The molecule has 0 radical (unpaired) electrons. The van der Waals surface area contributed by atoms with E-state index in [4.69, 9.17) is 32.7 Å². The normalized spacial score (nSPS) is 31.1. The first-order chi connectivity index (χ1) is 48.2. The quantitative estimate of drug-likeness (QED) is 0.145. The van der Waals surface area contributed by atoms with Crippen molar-refractivity contribution in [2.45, 2.75) is 260 Å². The van der Waals surface area contributed by atoms with Gasteiger partial charge < -0.3 is 69.5 Å². The molecule has 4 aliphatic carbocycles. The van der Waals surface area contributed by atoms with Gasteiger partial charge in [0.25, 0.3) is 0 Å². The predicted octanol–water partition coefficient (Wildman–Crippen LogP) is 4.94. The Morgan fingerprint density at radius 1 is 0.657 bits per heavy atom. The summed E-state index contributed by atoms with van der Waals surface area (Å²) in [5, 5.41) is 8.46. The average molecular weight is 1470 g/mol. The second-order valence-electron chi connectivity index (χ2n) is 31.5. The molecule has 0 aromatic carbocycles. The number of hydrogen-bond acceptors (Lipinski definition) is 14. The number of ether oxygens (including phenoxy) is 2. The van der Waals surface area contributed by atoms with E-state index in [9.17, 15) is 24.0 Å². The first-order valence-corrected chi connectivity index (χ1v) is 38.3. The molecule has 2 saturated heterocycles. The fraction of sp³-hybridized carbons (Fsp3) is 0.811. The van der Waals surface area contributed by atoms with E-state index in [0.29, 0.717) is 64.2 Å². The minimum Gasteiger partial charge on any atom is -0.382 e. The van der Waals surface area contributed by atoms with E-state index in [0.717, 1.165) is 43.4 Å². The second-order valence-corrected chi connectivity index (χ2v) is 32.6. The zero-order valence-electron chi connectivity index (χ0n) is 63.5. The average Bonchev–Trinajstić information content (AvgIpc) is 0.818. The zero-order valence-corrected chi connectivity index (χ0v) is 65.0. The number of likely N-dealkylation sites (N-methyl/N-ethyl adjacent to an activating group) is 6. The molecule has 7 rings (SSSR count). The number of hydrogen-bond donors (Lipinski definition) is 3. The minimum absolute atomic E-state index is 0.0320. The summed E-state index contributed by atoms with van der Waals surface area (Å²) in [6.45, 7) is 10.1. The minimum atomic E-state index is -1.60. The van der Waals surface area contributed by atoms with Crippen molar-refractivity contribution in [2.24, 2.45) is 29.1 Å². The number of fused-ring (bicyclic) bond motifs is 3. The largest absolute Gasteiger partial charge is 0.382 e. The maximum absolute atomic E-state index is 15.7. The number of nitrogens with zero attached hydrogens (tertiary/aromatic N) is 9. The molecule has 4 saturated carbocycles. The van der Waals surface area contributed by atoms with Crippen LogP contribution in [0.5, 0.6) is 0 Å². The molecule has 574 valence electrons. The highest BCUT2D eigenvalue weighted by molar-refractivity contribution is 6.30. The molecule has 26 nitrogen and oxygen atoms in total. The molecule has 1 spiro atoms. The topological polar surface area (TPSA) is 289 Å². The van der Waals surface area contributed by atoms with Crippen molar-refractivity contribution in [1.82, 2.24) is 60.0 Å². The highest BCUT2D eigenvalue weighted by atomic mass is 35.5. The second kappa shape index (κ2) is 36.7. The van der Waals surface area contributed by atoms with Crippen LogP contribution in [0.1, 0.15) is 183 Å². The summed E-state index contributed by atoms with van der Waals surface area (Å²) in [7, 11) is 13.0. The van der Waals surface area contributed by atoms with Gasteiger partial charge in [-0.15, -0.1) is 23.2 Å². The lowest BCUT2D eigenvalue weighted by Gasteiger charge is -2.54. The van der Waals surface area contributed by atoms with Crippen LogP contribution in [-0.2, 0) is 67.0 Å². The van der Waals surface area contributed by atoms with Gasteiger partial charge >= 0.3 is 0 Å². The molecule has 0 aromatic heterocycles. The highest BCUT2D eigenvalue weighted by Crippen LogP contribution is 2.50. The van der Waals surface area contributed by atoms with Crippen LogP contribution < -0.4 is 16.0 Å². The van der Waals surface area contributed by atoms with Crippen molar-refractivity contribution >= 4 is 94.1 Å². The van der Waals surface area contributed by atoms with Crippen LogP contribution in [0.15, 0.2) is 12.2 Å². The van der Waals surface area contributed by atoms with Crippen molar-refractivity contribution in [2.75, 3.05) is 96.3 Å². The van der Waals surface area contributed by atoms with Gasteiger partial charge in [-0.3, -0.25) is 57.5 Å². The summed E-state index contributed by atoms with van der Waals surface area (Å²) in [6, 6.07) is -10.3. The number of carbonyl (C=O) groups is 12.